The van der Waals surface area contributed by atoms with Gasteiger partial charge in [0, 0.05) is 6.42 Å². The normalized spacial score (nSPS) is 10.2. The van der Waals surface area contributed by atoms with Gasteiger partial charge in [-0.25, -0.2) is 9.78 Å². The van der Waals surface area contributed by atoms with Crippen LogP contribution in [-0.4, -0.2) is 24.2 Å². The third-order valence-corrected chi connectivity index (χ3v) is 3.31. The largest absolute Gasteiger partial charge is 0.470 e. The van der Waals surface area contributed by atoms with Gasteiger partial charge in [0.25, 0.3) is 11.3 Å². The number of hydrogen-bond acceptors (Lipinski definition) is 5. The van der Waals surface area contributed by atoms with Gasteiger partial charge >= 0.3 is 5.97 Å². The molecule has 0 aliphatic carbocycles. The zero-order valence-corrected chi connectivity index (χ0v) is 11.8. The fraction of sp³-hybridized carbons (Fsp3) is 0.500. The molecule has 0 radical (unpaired) electrons. The van der Waals surface area contributed by atoms with Crippen LogP contribution in [0.1, 0.15) is 35.6 Å². The number of nitrogens with zero attached hydrogens (tertiary/aromatic N) is 1. The van der Waals surface area contributed by atoms with Crippen molar-refractivity contribution in [2.75, 3.05) is 13.2 Å². The lowest BCUT2D eigenvalue weighted by molar-refractivity contribution is 0.0512. The summed E-state index contributed by atoms with van der Waals surface area (Å²) in [7, 11) is 0. The number of carbonyl (C=O) groups excluding carboxylic acids is 1. The zero-order valence-electron chi connectivity index (χ0n) is 11.0. The number of aryl methyl sites for hydroxylation is 1. The molecule has 7 heteroatoms. The van der Waals surface area contributed by atoms with Gasteiger partial charge in [-0.15, -0.1) is 0 Å². The topological polar surface area (TPSA) is 48.4 Å². The number of esters is 1. The molecule has 19 heavy (non-hydrogen) atoms. The molecule has 0 saturated carbocycles. The van der Waals surface area contributed by atoms with Crippen LogP contribution >= 0.6 is 11.3 Å². The number of halogens is 2. The molecule has 1 aromatic rings. The third-order valence-electron chi connectivity index (χ3n) is 2.26. The fourth-order valence-corrected chi connectivity index (χ4v) is 2.07. The van der Waals surface area contributed by atoms with Gasteiger partial charge < -0.3 is 9.47 Å². The highest BCUT2D eigenvalue weighted by Gasteiger charge is 2.17. The van der Waals surface area contributed by atoms with Crippen LogP contribution in [-0.2, 0) is 4.74 Å². The highest BCUT2D eigenvalue weighted by atomic mass is 32.1. The fourth-order valence-electron chi connectivity index (χ4n) is 1.20. The summed E-state index contributed by atoms with van der Waals surface area (Å²) >= 11 is 1.09. The van der Waals surface area contributed by atoms with Crippen molar-refractivity contribution in [3.63, 3.8) is 0 Å². The summed E-state index contributed by atoms with van der Waals surface area (Å²) in [6, 6.07) is 0. The number of thiazole rings is 1. The van der Waals surface area contributed by atoms with Crippen LogP contribution in [0.3, 0.4) is 0 Å². The van der Waals surface area contributed by atoms with Crippen molar-refractivity contribution in [2.24, 2.45) is 0 Å². The van der Waals surface area contributed by atoms with E-state index in [-0.39, 0.29) is 18.6 Å². The predicted octanol–water partition coefficient (Wildman–Crippen LogP) is 3.57. The number of ether oxygens (including phenoxy) is 2. The van der Waals surface area contributed by atoms with E-state index in [4.69, 9.17) is 9.47 Å². The molecule has 0 atom stereocenters. The first-order chi connectivity index (χ1) is 8.95. The maximum Gasteiger partial charge on any atom is 0.350 e. The van der Waals surface area contributed by atoms with Crippen molar-refractivity contribution in [1.29, 1.82) is 0 Å². The minimum atomic E-state index is -1.73. The van der Waals surface area contributed by atoms with Gasteiger partial charge in [0.1, 0.15) is 4.88 Å². The molecule has 0 amide bonds. The van der Waals surface area contributed by atoms with Crippen molar-refractivity contribution in [3.8, 4) is 5.19 Å². The highest BCUT2D eigenvalue weighted by molar-refractivity contribution is 7.15. The maximum atomic E-state index is 12.1. The number of rotatable bonds is 6. The Morgan fingerprint density at radius 1 is 1.42 bits per heavy atom. The Hall–Kier alpha value is -1.50. The van der Waals surface area contributed by atoms with Crippen LogP contribution < -0.4 is 4.74 Å². The van der Waals surface area contributed by atoms with Crippen molar-refractivity contribution in [3.05, 3.63) is 22.2 Å². The third kappa shape index (κ3) is 4.59. The van der Waals surface area contributed by atoms with Gasteiger partial charge in [-0.05, 0) is 26.3 Å². The van der Waals surface area contributed by atoms with Crippen LogP contribution in [0.4, 0.5) is 8.78 Å². The average molecular weight is 291 g/mol. The lowest BCUT2D eigenvalue weighted by Crippen LogP contribution is -2.06. The quantitative estimate of drug-likeness (QED) is 0.752. The lowest BCUT2D eigenvalue weighted by Gasteiger charge is -2.03. The Morgan fingerprint density at radius 3 is 2.68 bits per heavy atom. The maximum absolute atomic E-state index is 12.1. The molecule has 0 aliphatic rings. The molecule has 0 spiro atoms. The van der Waals surface area contributed by atoms with E-state index in [0.29, 0.717) is 22.4 Å². The molecule has 0 unspecified atom stereocenters. The van der Waals surface area contributed by atoms with E-state index >= 15 is 0 Å². The second kappa shape index (κ2) is 7.18. The minimum absolute atomic E-state index is 0.0181. The highest BCUT2D eigenvalue weighted by Crippen LogP contribution is 2.25. The number of hydrogen-bond donors (Lipinski definition) is 0. The molecule has 1 aromatic heterocycles. The van der Waals surface area contributed by atoms with E-state index in [2.05, 4.69) is 4.98 Å². The molecule has 4 nitrogen and oxygen atoms in total. The van der Waals surface area contributed by atoms with Gasteiger partial charge in [-0.1, -0.05) is 11.3 Å². The first-order valence-corrected chi connectivity index (χ1v) is 6.55. The molecule has 0 bridgehead atoms. The first kappa shape index (κ1) is 15.6. The van der Waals surface area contributed by atoms with Crippen molar-refractivity contribution >= 4 is 17.3 Å². The van der Waals surface area contributed by atoms with Crippen molar-refractivity contribution in [1.82, 2.24) is 4.98 Å². The van der Waals surface area contributed by atoms with E-state index in [1.165, 1.54) is 6.92 Å². The zero-order chi connectivity index (χ0) is 14.4. The first-order valence-electron chi connectivity index (χ1n) is 5.73. The average Bonchev–Trinajstić information content (AvgIpc) is 2.70. The molecule has 0 N–H and O–H groups in total. The molecule has 0 fully saturated rings. The predicted molar refractivity (Wildman–Crippen MR) is 67.8 cm³/mol. The van der Waals surface area contributed by atoms with Gasteiger partial charge in [-0.3, -0.25) is 0 Å². The molecule has 106 valence electrons. The Labute approximate surface area is 114 Å². The van der Waals surface area contributed by atoms with Crippen LogP contribution in [0.5, 0.6) is 5.19 Å². The number of aromatic nitrogens is 1. The molecule has 0 saturated heterocycles. The van der Waals surface area contributed by atoms with Gasteiger partial charge in [0.2, 0.25) is 0 Å². The van der Waals surface area contributed by atoms with Crippen LogP contribution in [0.15, 0.2) is 11.7 Å². The molecule has 0 aromatic carbocycles. The Morgan fingerprint density at radius 2 is 2.11 bits per heavy atom. The van der Waals surface area contributed by atoms with E-state index in [1.54, 1.807) is 6.92 Å². The SMILES string of the molecule is CCOc1nc(C)c(C(=O)OCCC(C)=C(F)F)s1. The molecule has 1 rings (SSSR count). The van der Waals surface area contributed by atoms with Crippen LogP contribution in [0.2, 0.25) is 0 Å². The van der Waals surface area contributed by atoms with E-state index in [9.17, 15) is 13.6 Å². The Kier molecular flexibility index (Phi) is 5.88. The molecular weight excluding hydrogens is 276 g/mol. The monoisotopic (exact) mass is 291 g/mol. The van der Waals surface area contributed by atoms with Crippen LogP contribution in [0, 0.1) is 6.92 Å². The van der Waals surface area contributed by atoms with Crippen molar-refractivity contribution < 1.29 is 23.0 Å². The van der Waals surface area contributed by atoms with Crippen LogP contribution in [0.25, 0.3) is 0 Å². The van der Waals surface area contributed by atoms with E-state index in [0.717, 1.165) is 11.3 Å². The Balaban J connectivity index is 2.56. The summed E-state index contributed by atoms with van der Waals surface area (Å²) in [4.78, 5) is 16.1. The Bertz CT molecular complexity index is 481. The standard InChI is InChI=1S/C12H15F2NO3S/c1-4-17-12-15-8(3)9(19-12)11(16)18-6-5-7(2)10(13)14/h4-6H2,1-3H3. The summed E-state index contributed by atoms with van der Waals surface area (Å²) in [6.07, 6.45) is -1.71. The second-order valence-corrected chi connectivity index (χ2v) is 4.72. The lowest BCUT2D eigenvalue weighted by atomic mass is 10.2. The molecule has 1 heterocycles. The summed E-state index contributed by atoms with van der Waals surface area (Å²) in [5, 5.41) is 0.401. The van der Waals surface area contributed by atoms with E-state index in [1.807, 2.05) is 6.92 Å². The van der Waals surface area contributed by atoms with Gasteiger partial charge in [0.05, 0.1) is 18.9 Å². The summed E-state index contributed by atoms with van der Waals surface area (Å²) in [5.41, 5.74) is 0.436. The molecule has 0 aliphatic heterocycles. The van der Waals surface area contributed by atoms with Gasteiger partial charge in [-0.2, -0.15) is 8.78 Å². The van der Waals surface area contributed by atoms with E-state index < -0.39 is 12.0 Å². The summed E-state index contributed by atoms with van der Waals surface area (Å²) in [5.74, 6) is -0.562. The van der Waals surface area contributed by atoms with Gasteiger partial charge in [0.15, 0.2) is 0 Å². The smallest absolute Gasteiger partial charge is 0.350 e. The molecular formula is C12H15F2NO3S. The summed E-state index contributed by atoms with van der Waals surface area (Å²) in [6.45, 7) is 5.16. The summed E-state index contributed by atoms with van der Waals surface area (Å²) < 4.78 is 34.4. The number of carbonyl (C=O) groups is 1. The second-order valence-electron chi connectivity index (χ2n) is 3.75. The minimum Gasteiger partial charge on any atom is -0.470 e. The van der Waals surface area contributed by atoms with Crippen molar-refractivity contribution in [2.45, 2.75) is 27.2 Å².